The molecule has 0 aliphatic rings. The summed E-state index contributed by atoms with van der Waals surface area (Å²) in [6.45, 7) is 0.767. The van der Waals surface area contributed by atoms with E-state index in [2.05, 4.69) is 37.5 Å². The van der Waals surface area contributed by atoms with Crippen LogP contribution in [0.25, 0.3) is 0 Å². The predicted molar refractivity (Wildman–Crippen MR) is 79.4 cm³/mol. The molecule has 0 spiro atoms. The minimum Gasteiger partial charge on any atom is -0.336 e. The summed E-state index contributed by atoms with van der Waals surface area (Å²) in [5.41, 5.74) is 1.17. The Bertz CT molecular complexity index is 667. The highest BCUT2D eigenvalue weighted by Crippen LogP contribution is 2.25. The Balaban J connectivity index is 1.81. The standard InChI is InChI=1S/C14H17N5S/c1-18-6-5-15-14(18)13(12-4-3-7-20-12)16-8-11-9-17-19(2)10-11/h3-7,9-10,13,16H,8H2,1-2H3. The molecule has 3 aromatic heterocycles. The van der Waals surface area contributed by atoms with Crippen molar-refractivity contribution in [3.63, 3.8) is 0 Å². The average molecular weight is 287 g/mol. The normalized spacial score (nSPS) is 12.7. The smallest absolute Gasteiger partial charge is 0.131 e. The van der Waals surface area contributed by atoms with Crippen LogP contribution in [0.3, 0.4) is 0 Å². The van der Waals surface area contributed by atoms with Gasteiger partial charge in [0.25, 0.3) is 0 Å². The van der Waals surface area contributed by atoms with Crippen molar-refractivity contribution in [2.75, 3.05) is 0 Å². The molecular formula is C14H17N5S. The number of hydrogen-bond acceptors (Lipinski definition) is 4. The molecule has 1 unspecified atom stereocenters. The van der Waals surface area contributed by atoms with Gasteiger partial charge in [0.2, 0.25) is 0 Å². The van der Waals surface area contributed by atoms with Gasteiger partial charge in [0.05, 0.1) is 6.20 Å². The monoisotopic (exact) mass is 287 g/mol. The van der Waals surface area contributed by atoms with Gasteiger partial charge in [-0.2, -0.15) is 5.10 Å². The molecule has 0 saturated carbocycles. The largest absolute Gasteiger partial charge is 0.336 e. The minimum atomic E-state index is 0.107. The Morgan fingerprint density at radius 2 is 2.30 bits per heavy atom. The first-order chi connectivity index (χ1) is 9.74. The Labute approximate surface area is 121 Å². The molecule has 3 rings (SSSR count). The van der Waals surface area contributed by atoms with Crippen LogP contribution in [0.15, 0.2) is 42.3 Å². The molecular weight excluding hydrogens is 270 g/mol. The minimum absolute atomic E-state index is 0.107. The highest BCUT2D eigenvalue weighted by atomic mass is 32.1. The zero-order valence-corrected chi connectivity index (χ0v) is 12.3. The molecule has 20 heavy (non-hydrogen) atoms. The number of aryl methyl sites for hydroxylation is 2. The molecule has 0 aliphatic carbocycles. The van der Waals surface area contributed by atoms with E-state index in [1.807, 2.05) is 43.6 Å². The molecule has 0 amide bonds. The molecule has 3 aromatic rings. The zero-order chi connectivity index (χ0) is 13.9. The Morgan fingerprint density at radius 1 is 1.40 bits per heavy atom. The molecule has 104 valence electrons. The van der Waals surface area contributed by atoms with Crippen molar-refractivity contribution >= 4 is 11.3 Å². The summed E-state index contributed by atoms with van der Waals surface area (Å²) in [5, 5.41) is 9.86. The molecule has 6 heteroatoms. The maximum atomic E-state index is 4.48. The molecule has 0 saturated heterocycles. The third kappa shape index (κ3) is 2.66. The third-order valence-electron chi connectivity index (χ3n) is 3.21. The van der Waals surface area contributed by atoms with Crippen molar-refractivity contribution in [3.05, 3.63) is 58.6 Å². The molecule has 5 nitrogen and oxygen atoms in total. The van der Waals surface area contributed by atoms with Crippen LogP contribution in [0.2, 0.25) is 0 Å². The van der Waals surface area contributed by atoms with Gasteiger partial charge in [0, 0.05) is 49.7 Å². The molecule has 0 aliphatic heterocycles. The fourth-order valence-electron chi connectivity index (χ4n) is 2.21. The summed E-state index contributed by atoms with van der Waals surface area (Å²) in [6.07, 6.45) is 7.72. The molecule has 1 atom stereocenters. The molecule has 0 fully saturated rings. The summed E-state index contributed by atoms with van der Waals surface area (Å²) in [7, 11) is 3.95. The van der Waals surface area contributed by atoms with Crippen molar-refractivity contribution in [2.45, 2.75) is 12.6 Å². The topological polar surface area (TPSA) is 47.7 Å². The number of rotatable bonds is 5. The summed E-state index contributed by atoms with van der Waals surface area (Å²) in [4.78, 5) is 5.74. The first-order valence-electron chi connectivity index (χ1n) is 6.45. The van der Waals surface area contributed by atoms with Crippen LogP contribution in [-0.4, -0.2) is 19.3 Å². The van der Waals surface area contributed by atoms with E-state index in [-0.39, 0.29) is 6.04 Å². The van der Waals surface area contributed by atoms with Gasteiger partial charge in [-0.15, -0.1) is 11.3 Å². The zero-order valence-electron chi connectivity index (χ0n) is 11.5. The van der Waals surface area contributed by atoms with Gasteiger partial charge in [-0.05, 0) is 11.4 Å². The maximum Gasteiger partial charge on any atom is 0.131 e. The molecule has 0 aromatic carbocycles. The summed E-state index contributed by atoms with van der Waals surface area (Å²) in [5.74, 6) is 1.02. The van der Waals surface area contributed by atoms with Crippen LogP contribution in [0.5, 0.6) is 0 Å². The van der Waals surface area contributed by atoms with Gasteiger partial charge in [-0.3, -0.25) is 10.00 Å². The van der Waals surface area contributed by atoms with E-state index in [1.54, 1.807) is 11.3 Å². The first kappa shape index (κ1) is 13.1. The van der Waals surface area contributed by atoms with Crippen molar-refractivity contribution in [1.29, 1.82) is 0 Å². The second-order valence-electron chi connectivity index (χ2n) is 4.75. The molecule has 0 radical (unpaired) electrons. The predicted octanol–water partition coefficient (Wildman–Crippen LogP) is 2.09. The van der Waals surface area contributed by atoms with E-state index in [1.165, 1.54) is 10.4 Å². The van der Waals surface area contributed by atoms with Gasteiger partial charge in [-0.25, -0.2) is 4.98 Å². The summed E-state index contributed by atoms with van der Waals surface area (Å²) in [6, 6.07) is 4.32. The second kappa shape index (κ2) is 5.60. The fraction of sp³-hybridized carbons (Fsp3) is 0.286. The maximum absolute atomic E-state index is 4.48. The van der Waals surface area contributed by atoms with E-state index >= 15 is 0 Å². The number of aromatic nitrogens is 4. The third-order valence-corrected chi connectivity index (χ3v) is 4.15. The average Bonchev–Trinajstić information content (AvgIpc) is 3.14. The Kier molecular flexibility index (Phi) is 3.66. The Hall–Kier alpha value is -1.92. The van der Waals surface area contributed by atoms with E-state index in [4.69, 9.17) is 0 Å². The highest BCUT2D eigenvalue weighted by Gasteiger charge is 2.18. The van der Waals surface area contributed by atoms with E-state index in [9.17, 15) is 0 Å². The van der Waals surface area contributed by atoms with Crippen molar-refractivity contribution in [3.8, 4) is 0 Å². The fourth-order valence-corrected chi connectivity index (χ4v) is 3.01. The number of thiophene rings is 1. The van der Waals surface area contributed by atoms with Gasteiger partial charge >= 0.3 is 0 Å². The van der Waals surface area contributed by atoms with Crippen molar-refractivity contribution in [2.24, 2.45) is 14.1 Å². The molecule has 0 bridgehead atoms. The molecule has 1 N–H and O–H groups in total. The van der Waals surface area contributed by atoms with Crippen LogP contribution in [-0.2, 0) is 20.6 Å². The number of nitrogens with zero attached hydrogens (tertiary/aromatic N) is 4. The summed E-state index contributed by atoms with van der Waals surface area (Å²) >= 11 is 1.74. The number of hydrogen-bond donors (Lipinski definition) is 1. The summed E-state index contributed by atoms with van der Waals surface area (Å²) < 4.78 is 3.87. The van der Waals surface area contributed by atoms with Crippen LogP contribution in [0.4, 0.5) is 0 Å². The van der Waals surface area contributed by atoms with Gasteiger partial charge in [-0.1, -0.05) is 6.07 Å². The lowest BCUT2D eigenvalue weighted by atomic mass is 10.2. The van der Waals surface area contributed by atoms with E-state index in [0.29, 0.717) is 0 Å². The van der Waals surface area contributed by atoms with E-state index < -0.39 is 0 Å². The SMILES string of the molecule is Cn1cc(CNC(c2cccs2)c2nccn2C)cn1. The quantitative estimate of drug-likeness (QED) is 0.781. The number of nitrogens with one attached hydrogen (secondary N) is 1. The van der Waals surface area contributed by atoms with Crippen molar-refractivity contribution < 1.29 is 0 Å². The second-order valence-corrected chi connectivity index (χ2v) is 5.73. The van der Waals surface area contributed by atoms with Crippen molar-refractivity contribution in [1.82, 2.24) is 24.6 Å². The van der Waals surface area contributed by atoms with Gasteiger partial charge < -0.3 is 4.57 Å². The van der Waals surface area contributed by atoms with E-state index in [0.717, 1.165) is 12.4 Å². The van der Waals surface area contributed by atoms with Crippen LogP contribution >= 0.6 is 11.3 Å². The Morgan fingerprint density at radius 3 is 2.90 bits per heavy atom. The highest BCUT2D eigenvalue weighted by molar-refractivity contribution is 7.10. The lowest BCUT2D eigenvalue weighted by Gasteiger charge is -2.16. The van der Waals surface area contributed by atoms with Crippen LogP contribution in [0, 0.1) is 0 Å². The lowest BCUT2D eigenvalue weighted by Crippen LogP contribution is -2.23. The van der Waals surface area contributed by atoms with Gasteiger partial charge in [0.1, 0.15) is 11.9 Å². The van der Waals surface area contributed by atoms with Crippen LogP contribution in [0.1, 0.15) is 22.3 Å². The van der Waals surface area contributed by atoms with Crippen LogP contribution < -0.4 is 5.32 Å². The van der Waals surface area contributed by atoms with Gasteiger partial charge in [0.15, 0.2) is 0 Å². The molecule has 3 heterocycles. The lowest BCUT2D eigenvalue weighted by molar-refractivity contribution is 0.565. The number of imidazole rings is 1. The first-order valence-corrected chi connectivity index (χ1v) is 7.33.